The molecule has 2 aromatic rings. The van der Waals surface area contributed by atoms with Crippen LogP contribution in [-0.2, 0) is 24.9 Å². The Morgan fingerprint density at radius 3 is 1.81 bits per heavy atom. The van der Waals surface area contributed by atoms with Gasteiger partial charge in [0.05, 0.1) is 18.0 Å². The predicted octanol–water partition coefficient (Wildman–Crippen LogP) is 5.66. The summed E-state index contributed by atoms with van der Waals surface area (Å²) in [5, 5.41) is 0. The fraction of sp³-hybridized carbons (Fsp3) is 0.519. The molecule has 9 heteroatoms. The van der Waals surface area contributed by atoms with Gasteiger partial charge in [-0.1, -0.05) is 0 Å². The molecule has 2 spiro atoms. The fourth-order valence-electron chi connectivity index (χ4n) is 8.19. The minimum absolute atomic E-state index is 0.0704. The van der Waals surface area contributed by atoms with Gasteiger partial charge >= 0.3 is 5.97 Å². The quantitative estimate of drug-likeness (QED) is 0.308. The number of hydrogen-bond acceptors (Lipinski definition) is 5. The Hall–Kier alpha value is -2.65. The van der Waals surface area contributed by atoms with Crippen LogP contribution in [0.25, 0.3) is 0 Å². The van der Waals surface area contributed by atoms with E-state index in [4.69, 9.17) is 14.5 Å². The third kappa shape index (κ3) is 2.65. The van der Waals surface area contributed by atoms with Gasteiger partial charge in [0.15, 0.2) is 28.9 Å². The van der Waals surface area contributed by atoms with Crippen LogP contribution in [0.2, 0.25) is 0 Å². The van der Waals surface area contributed by atoms with E-state index in [0.717, 1.165) is 49.9 Å². The summed E-state index contributed by atoms with van der Waals surface area (Å²) in [5.74, 6) is -3.80. The molecule has 0 amide bonds. The highest BCUT2D eigenvalue weighted by Crippen LogP contribution is 2.73. The van der Waals surface area contributed by atoms with Gasteiger partial charge in [-0.2, -0.15) is 0 Å². The van der Waals surface area contributed by atoms with E-state index >= 15 is 0 Å². The first-order chi connectivity index (χ1) is 17.3. The van der Waals surface area contributed by atoms with Crippen LogP contribution in [0.1, 0.15) is 50.2 Å². The molecule has 6 aliphatic rings. The Labute approximate surface area is 205 Å². The summed E-state index contributed by atoms with van der Waals surface area (Å²) < 4.78 is 64.1. The Bertz CT molecular complexity index is 1210. The van der Waals surface area contributed by atoms with E-state index in [9.17, 15) is 22.4 Å². The summed E-state index contributed by atoms with van der Waals surface area (Å²) in [6.07, 6.45) is 4.80. The lowest BCUT2D eigenvalue weighted by molar-refractivity contribution is -0.583. The number of fused-ring (bicyclic) bond motifs is 4. The molecular formula is C27H25F4NO4. The molecule has 4 bridgehead atoms. The molecule has 8 rings (SSSR count). The zero-order valence-corrected chi connectivity index (χ0v) is 19.7. The molecule has 0 aromatic heterocycles. The number of ether oxygens (including phenoxy) is 1. The number of halogens is 4. The van der Waals surface area contributed by atoms with Crippen molar-refractivity contribution < 1.29 is 36.9 Å². The maximum atomic E-state index is 14.8. The van der Waals surface area contributed by atoms with Crippen LogP contribution in [0.15, 0.2) is 24.3 Å². The lowest BCUT2D eigenvalue weighted by atomic mass is 9.44. The maximum Gasteiger partial charge on any atom is 0.325 e. The Kier molecular flexibility index (Phi) is 4.66. The first-order valence-electron chi connectivity index (χ1n) is 12.6. The van der Waals surface area contributed by atoms with Crippen molar-refractivity contribution in [1.29, 1.82) is 0 Å². The van der Waals surface area contributed by atoms with Crippen molar-refractivity contribution in [1.82, 2.24) is 0 Å². The third-order valence-corrected chi connectivity index (χ3v) is 9.22. The maximum absolute atomic E-state index is 14.8. The van der Waals surface area contributed by atoms with Crippen LogP contribution >= 0.6 is 0 Å². The molecule has 0 radical (unpaired) electrons. The van der Waals surface area contributed by atoms with Crippen LogP contribution in [0.4, 0.5) is 28.9 Å². The standard InChI is InChI=1S/C27H25F4NO4/c1-2-34-25(33)12-32-23-10-21(30)19(28)8-17(23)27(18-9-20(29)22(31)11-24(18)32)26(35-36-27)15-4-13-3-14(6-15)7-16(26)5-13/h8-11,13-16H,2-7,12H2,1H3. The summed E-state index contributed by atoms with van der Waals surface area (Å²) in [4.78, 5) is 25.9. The number of nitrogens with zero attached hydrogens (tertiary/aromatic N) is 1. The highest BCUT2D eigenvalue weighted by molar-refractivity contribution is 5.86. The SMILES string of the molecule is CCOC(=O)CN1c2cc(F)c(F)cc2C2(OOC23C2CC4CC(C2)CC3C4)c2cc(F)c(F)cc21. The van der Waals surface area contributed by atoms with E-state index in [1.807, 2.05) is 0 Å². The molecular weight excluding hydrogens is 478 g/mol. The Balaban J connectivity index is 1.49. The number of rotatable bonds is 3. The van der Waals surface area contributed by atoms with Gasteiger partial charge in [-0.15, -0.1) is 0 Å². The third-order valence-electron chi connectivity index (χ3n) is 9.22. The van der Waals surface area contributed by atoms with Crippen LogP contribution in [-0.4, -0.2) is 24.7 Å². The lowest BCUT2D eigenvalue weighted by Gasteiger charge is -2.70. The van der Waals surface area contributed by atoms with Gasteiger partial charge in [0, 0.05) is 23.3 Å². The number of benzene rings is 2. The highest BCUT2D eigenvalue weighted by Gasteiger charge is 2.77. The second kappa shape index (κ2) is 7.44. The molecule has 2 aromatic carbocycles. The van der Waals surface area contributed by atoms with E-state index in [0.29, 0.717) is 11.8 Å². The first kappa shape index (κ1) is 22.5. The molecule has 0 atom stereocenters. The van der Waals surface area contributed by atoms with Gasteiger partial charge in [-0.05, 0) is 74.8 Å². The van der Waals surface area contributed by atoms with Gasteiger partial charge in [0.1, 0.15) is 12.1 Å². The van der Waals surface area contributed by atoms with Crippen LogP contribution in [0, 0.1) is 46.9 Å². The number of carbonyl (C=O) groups excluding carboxylic acids is 1. The molecule has 5 fully saturated rings. The van der Waals surface area contributed by atoms with Crippen molar-refractivity contribution in [3.8, 4) is 0 Å². The minimum Gasteiger partial charge on any atom is -0.465 e. The lowest BCUT2D eigenvalue weighted by Crippen LogP contribution is -2.77. The topological polar surface area (TPSA) is 48.0 Å². The zero-order valence-electron chi connectivity index (χ0n) is 19.7. The number of anilines is 2. The monoisotopic (exact) mass is 503 g/mol. The molecule has 4 aliphatic carbocycles. The van der Waals surface area contributed by atoms with E-state index < -0.39 is 47.0 Å². The van der Waals surface area contributed by atoms with Crippen molar-refractivity contribution in [3.63, 3.8) is 0 Å². The molecule has 36 heavy (non-hydrogen) atoms. The zero-order chi connectivity index (χ0) is 25.0. The summed E-state index contributed by atoms with van der Waals surface area (Å²) in [5.41, 5.74) is -1.58. The van der Waals surface area contributed by atoms with Crippen molar-refractivity contribution in [2.24, 2.45) is 23.7 Å². The van der Waals surface area contributed by atoms with Gasteiger partial charge in [0.25, 0.3) is 0 Å². The van der Waals surface area contributed by atoms with Crippen LogP contribution in [0.3, 0.4) is 0 Å². The first-order valence-corrected chi connectivity index (χ1v) is 12.6. The molecule has 190 valence electrons. The number of hydrogen-bond donors (Lipinski definition) is 0. The summed E-state index contributed by atoms with van der Waals surface area (Å²) in [6, 6.07) is 4.09. The largest absolute Gasteiger partial charge is 0.465 e. The van der Waals surface area contributed by atoms with E-state index in [-0.39, 0.29) is 40.9 Å². The average Bonchev–Trinajstić information content (AvgIpc) is 2.81. The smallest absolute Gasteiger partial charge is 0.325 e. The Morgan fingerprint density at radius 1 is 0.861 bits per heavy atom. The van der Waals surface area contributed by atoms with Gasteiger partial charge in [0.2, 0.25) is 0 Å². The van der Waals surface area contributed by atoms with Crippen molar-refractivity contribution in [2.75, 3.05) is 18.1 Å². The van der Waals surface area contributed by atoms with Gasteiger partial charge in [-0.3, -0.25) is 4.79 Å². The average molecular weight is 503 g/mol. The van der Waals surface area contributed by atoms with Crippen LogP contribution in [0.5, 0.6) is 0 Å². The van der Waals surface area contributed by atoms with E-state index in [1.165, 1.54) is 11.3 Å². The molecule has 2 aliphatic heterocycles. The normalized spacial score (nSPS) is 32.4. The molecule has 0 N–H and O–H groups in total. The van der Waals surface area contributed by atoms with Gasteiger partial charge < -0.3 is 9.64 Å². The summed E-state index contributed by atoms with van der Waals surface area (Å²) >= 11 is 0. The minimum atomic E-state index is -1.46. The second-order valence-electron chi connectivity index (χ2n) is 10.9. The van der Waals surface area contributed by atoms with Gasteiger partial charge in [-0.25, -0.2) is 27.3 Å². The number of esters is 1. The van der Waals surface area contributed by atoms with Crippen LogP contribution < -0.4 is 4.90 Å². The number of carbonyl (C=O) groups is 1. The van der Waals surface area contributed by atoms with Crippen molar-refractivity contribution in [2.45, 2.75) is 50.2 Å². The molecule has 5 nitrogen and oxygen atoms in total. The van der Waals surface area contributed by atoms with Crippen molar-refractivity contribution >= 4 is 17.3 Å². The van der Waals surface area contributed by atoms with E-state index in [2.05, 4.69) is 0 Å². The second-order valence-corrected chi connectivity index (χ2v) is 10.9. The molecule has 1 saturated heterocycles. The van der Waals surface area contributed by atoms with E-state index in [1.54, 1.807) is 6.92 Å². The fourth-order valence-corrected chi connectivity index (χ4v) is 8.19. The molecule has 4 saturated carbocycles. The molecule has 2 heterocycles. The summed E-state index contributed by atoms with van der Waals surface area (Å²) in [6.45, 7) is 1.35. The predicted molar refractivity (Wildman–Crippen MR) is 119 cm³/mol. The molecule has 0 unspecified atom stereocenters. The summed E-state index contributed by atoms with van der Waals surface area (Å²) in [7, 11) is 0. The highest BCUT2D eigenvalue weighted by atomic mass is 19.2. The van der Waals surface area contributed by atoms with Crippen molar-refractivity contribution in [3.05, 3.63) is 58.7 Å². The Morgan fingerprint density at radius 2 is 1.36 bits per heavy atom.